The smallest absolute Gasteiger partial charge is 0.319 e. The molecule has 0 saturated carbocycles. The number of rotatable bonds is 7. The molecule has 0 aromatic carbocycles. The molecule has 0 aliphatic rings. The molecule has 0 radical (unpaired) electrons. The lowest BCUT2D eigenvalue weighted by atomic mass is 9.93. The van der Waals surface area contributed by atoms with Crippen molar-refractivity contribution in [2.75, 3.05) is 41.0 Å². The normalized spacial score (nSPS) is 11.1. The summed E-state index contributed by atoms with van der Waals surface area (Å²) in [6.07, 6.45) is 0. The Bertz CT molecular complexity index is 321. The van der Waals surface area contributed by atoms with Crippen LogP contribution < -0.4 is 0 Å². The van der Waals surface area contributed by atoms with E-state index in [1.54, 1.807) is 13.8 Å². The molecular formula is C12H21NO6. The molecule has 0 fully saturated rings. The summed E-state index contributed by atoms with van der Waals surface area (Å²) < 4.78 is 13.8. The minimum absolute atomic E-state index is 0.105. The largest absolute Gasteiger partial charge is 0.469 e. The first-order valence-corrected chi connectivity index (χ1v) is 5.71. The predicted octanol–water partition coefficient (Wildman–Crippen LogP) is -0.166. The molecule has 0 rings (SSSR count). The molecule has 0 bridgehead atoms. The van der Waals surface area contributed by atoms with Crippen LogP contribution in [0.5, 0.6) is 0 Å². The van der Waals surface area contributed by atoms with Crippen LogP contribution >= 0.6 is 0 Å². The maximum Gasteiger partial charge on any atom is 0.319 e. The Balaban J connectivity index is 4.78. The maximum absolute atomic E-state index is 11.6. The summed E-state index contributed by atoms with van der Waals surface area (Å²) >= 11 is 0. The molecule has 7 heteroatoms. The molecule has 0 aliphatic heterocycles. The quantitative estimate of drug-likeness (QED) is 0.471. The average Bonchev–Trinajstić information content (AvgIpc) is 2.36. The van der Waals surface area contributed by atoms with Gasteiger partial charge in [0.15, 0.2) is 0 Å². The van der Waals surface area contributed by atoms with Crippen molar-refractivity contribution < 1.29 is 28.6 Å². The van der Waals surface area contributed by atoms with Gasteiger partial charge < -0.3 is 14.2 Å². The summed E-state index contributed by atoms with van der Waals surface area (Å²) in [5.41, 5.74) is -0.850. The third-order valence-electron chi connectivity index (χ3n) is 2.52. The minimum Gasteiger partial charge on any atom is -0.469 e. The Morgan fingerprint density at radius 1 is 0.895 bits per heavy atom. The molecule has 0 N–H and O–H groups in total. The molecular weight excluding hydrogens is 254 g/mol. The average molecular weight is 275 g/mol. The fourth-order valence-electron chi connectivity index (χ4n) is 1.56. The number of esters is 3. The zero-order chi connectivity index (χ0) is 15.1. The van der Waals surface area contributed by atoms with Crippen LogP contribution in [-0.4, -0.2) is 63.8 Å². The monoisotopic (exact) mass is 275 g/mol. The van der Waals surface area contributed by atoms with Crippen molar-refractivity contribution in [1.29, 1.82) is 0 Å². The number of hydrogen-bond donors (Lipinski definition) is 0. The highest BCUT2D eigenvalue weighted by atomic mass is 16.5. The Morgan fingerprint density at radius 2 is 1.32 bits per heavy atom. The van der Waals surface area contributed by atoms with Crippen LogP contribution in [0.4, 0.5) is 0 Å². The van der Waals surface area contributed by atoms with Crippen LogP contribution in [0.15, 0.2) is 0 Å². The third kappa shape index (κ3) is 6.19. The van der Waals surface area contributed by atoms with Crippen LogP contribution in [0, 0.1) is 5.41 Å². The van der Waals surface area contributed by atoms with Crippen LogP contribution in [0.3, 0.4) is 0 Å². The standard InChI is InChI=1S/C12H21NO6/c1-12(2,11(16)19-5)8-13(6-9(14)17-3)7-10(15)18-4/h6-8H2,1-5H3. The number of carbonyl (C=O) groups excluding carboxylic acids is 3. The highest BCUT2D eigenvalue weighted by Gasteiger charge is 2.32. The van der Waals surface area contributed by atoms with Crippen LogP contribution in [0.1, 0.15) is 13.8 Å². The van der Waals surface area contributed by atoms with Crippen molar-refractivity contribution in [3.8, 4) is 0 Å². The van der Waals surface area contributed by atoms with Gasteiger partial charge in [0.1, 0.15) is 0 Å². The number of carbonyl (C=O) groups is 3. The van der Waals surface area contributed by atoms with Gasteiger partial charge in [-0.15, -0.1) is 0 Å². The molecule has 110 valence electrons. The van der Waals surface area contributed by atoms with Gasteiger partial charge in [0, 0.05) is 6.54 Å². The van der Waals surface area contributed by atoms with E-state index in [1.807, 2.05) is 0 Å². The number of methoxy groups -OCH3 is 3. The summed E-state index contributed by atoms with van der Waals surface area (Å²) in [6.45, 7) is 3.29. The summed E-state index contributed by atoms with van der Waals surface area (Å²) in [6, 6.07) is 0. The Hall–Kier alpha value is -1.63. The van der Waals surface area contributed by atoms with Gasteiger partial charge in [-0.3, -0.25) is 19.3 Å². The van der Waals surface area contributed by atoms with E-state index in [2.05, 4.69) is 14.2 Å². The van der Waals surface area contributed by atoms with E-state index in [4.69, 9.17) is 0 Å². The van der Waals surface area contributed by atoms with Gasteiger partial charge in [-0.1, -0.05) is 0 Å². The van der Waals surface area contributed by atoms with E-state index in [1.165, 1.54) is 26.2 Å². The molecule has 0 atom stereocenters. The molecule has 0 spiro atoms. The number of nitrogens with zero attached hydrogens (tertiary/aromatic N) is 1. The summed E-state index contributed by atoms with van der Waals surface area (Å²) in [5, 5.41) is 0. The zero-order valence-corrected chi connectivity index (χ0v) is 12.0. The third-order valence-corrected chi connectivity index (χ3v) is 2.52. The van der Waals surface area contributed by atoms with Gasteiger partial charge in [0.25, 0.3) is 0 Å². The summed E-state index contributed by atoms with van der Waals surface area (Å²) in [5.74, 6) is -1.42. The Kier molecular flexibility index (Phi) is 7.06. The predicted molar refractivity (Wildman–Crippen MR) is 66.3 cm³/mol. The SMILES string of the molecule is COC(=O)CN(CC(=O)OC)CC(C)(C)C(=O)OC. The van der Waals surface area contributed by atoms with Crippen LogP contribution in [0.25, 0.3) is 0 Å². The minimum atomic E-state index is -0.850. The second kappa shape index (κ2) is 7.73. The van der Waals surface area contributed by atoms with Crippen molar-refractivity contribution in [3.05, 3.63) is 0 Å². The van der Waals surface area contributed by atoms with Gasteiger partial charge >= 0.3 is 17.9 Å². The fourth-order valence-corrected chi connectivity index (χ4v) is 1.56. The van der Waals surface area contributed by atoms with Crippen molar-refractivity contribution >= 4 is 17.9 Å². The lowest BCUT2D eigenvalue weighted by Crippen LogP contribution is -2.44. The van der Waals surface area contributed by atoms with Crippen molar-refractivity contribution in [2.45, 2.75) is 13.8 Å². The summed E-state index contributed by atoms with van der Waals surface area (Å²) in [4.78, 5) is 35.6. The fraction of sp³-hybridized carbons (Fsp3) is 0.750. The van der Waals surface area contributed by atoms with Crippen LogP contribution in [-0.2, 0) is 28.6 Å². The van der Waals surface area contributed by atoms with Gasteiger partial charge in [0.2, 0.25) is 0 Å². The van der Waals surface area contributed by atoms with E-state index in [0.29, 0.717) is 0 Å². The van der Waals surface area contributed by atoms with E-state index < -0.39 is 23.3 Å². The molecule has 0 unspecified atom stereocenters. The second-order valence-corrected chi connectivity index (χ2v) is 4.67. The lowest BCUT2D eigenvalue weighted by molar-refractivity contribution is -0.155. The molecule has 7 nitrogen and oxygen atoms in total. The first-order chi connectivity index (χ1) is 8.76. The van der Waals surface area contributed by atoms with E-state index >= 15 is 0 Å². The maximum atomic E-state index is 11.6. The van der Waals surface area contributed by atoms with E-state index in [9.17, 15) is 14.4 Å². The Morgan fingerprint density at radius 3 is 1.63 bits per heavy atom. The Labute approximate surface area is 112 Å². The zero-order valence-electron chi connectivity index (χ0n) is 12.0. The first kappa shape index (κ1) is 17.4. The van der Waals surface area contributed by atoms with Crippen molar-refractivity contribution in [3.63, 3.8) is 0 Å². The number of ether oxygens (including phenoxy) is 3. The first-order valence-electron chi connectivity index (χ1n) is 5.71. The van der Waals surface area contributed by atoms with Gasteiger partial charge in [0.05, 0.1) is 39.8 Å². The molecule has 0 heterocycles. The van der Waals surface area contributed by atoms with Crippen molar-refractivity contribution in [1.82, 2.24) is 4.90 Å². The second-order valence-electron chi connectivity index (χ2n) is 4.67. The van der Waals surface area contributed by atoms with Gasteiger partial charge in [-0.05, 0) is 13.8 Å². The summed E-state index contributed by atoms with van der Waals surface area (Å²) in [7, 11) is 3.79. The molecule has 0 aromatic heterocycles. The van der Waals surface area contributed by atoms with E-state index in [0.717, 1.165) is 0 Å². The van der Waals surface area contributed by atoms with Gasteiger partial charge in [-0.2, -0.15) is 0 Å². The highest BCUT2D eigenvalue weighted by molar-refractivity contribution is 5.77. The molecule has 0 saturated heterocycles. The lowest BCUT2D eigenvalue weighted by Gasteiger charge is -2.29. The molecule has 0 aliphatic carbocycles. The van der Waals surface area contributed by atoms with Crippen molar-refractivity contribution in [2.24, 2.45) is 5.41 Å². The molecule has 19 heavy (non-hydrogen) atoms. The molecule has 0 amide bonds. The highest BCUT2D eigenvalue weighted by Crippen LogP contribution is 2.18. The van der Waals surface area contributed by atoms with Crippen LogP contribution in [0.2, 0.25) is 0 Å². The topological polar surface area (TPSA) is 82.1 Å². The van der Waals surface area contributed by atoms with Gasteiger partial charge in [-0.25, -0.2) is 0 Å². The molecule has 0 aromatic rings. The van der Waals surface area contributed by atoms with E-state index in [-0.39, 0.29) is 19.6 Å². The number of hydrogen-bond acceptors (Lipinski definition) is 7.